The summed E-state index contributed by atoms with van der Waals surface area (Å²) in [4.78, 5) is 0. The molecule has 0 aliphatic heterocycles. The summed E-state index contributed by atoms with van der Waals surface area (Å²) < 4.78 is 23.6. The molecule has 2 rings (SSSR count). The Hall–Kier alpha value is -2.67. The average molecular weight is 347 g/mol. The van der Waals surface area contributed by atoms with Gasteiger partial charge in [0.25, 0.3) is 0 Å². The van der Waals surface area contributed by atoms with Crippen molar-refractivity contribution in [2.75, 3.05) is 19.0 Å². The van der Waals surface area contributed by atoms with E-state index in [-0.39, 0.29) is 5.82 Å². The van der Waals surface area contributed by atoms with Crippen LogP contribution >= 0.6 is 12.2 Å². The van der Waals surface area contributed by atoms with Crippen molar-refractivity contribution in [3.05, 3.63) is 53.8 Å². The van der Waals surface area contributed by atoms with Gasteiger partial charge in [0.05, 0.1) is 19.9 Å². The first-order valence-electron chi connectivity index (χ1n) is 7.29. The summed E-state index contributed by atoms with van der Waals surface area (Å²) in [6.45, 7) is 2.45. The number of anilines is 1. The molecule has 0 fully saturated rings. The van der Waals surface area contributed by atoms with Crippen molar-refractivity contribution < 1.29 is 13.9 Å². The molecule has 126 valence electrons. The van der Waals surface area contributed by atoms with Crippen molar-refractivity contribution in [2.45, 2.75) is 6.92 Å². The maximum Gasteiger partial charge on any atom is 0.191 e. The number of nitrogens with zero attached hydrogens (tertiary/aromatic N) is 1. The zero-order chi connectivity index (χ0) is 17.4. The maximum atomic E-state index is 12.8. The standard InChI is InChI=1S/C17H18FN3O2S/c1-3-23-16-10-12(4-9-15(16)22-2)11-19-21-17(24)20-14-7-5-13(18)6-8-14/h4-11H,3H2,1-2H3,(H2,20,21,24)/b19-11-. The van der Waals surface area contributed by atoms with Crippen LogP contribution in [0.25, 0.3) is 0 Å². The van der Waals surface area contributed by atoms with Crippen LogP contribution in [0.4, 0.5) is 10.1 Å². The molecule has 0 aliphatic rings. The topological polar surface area (TPSA) is 54.9 Å². The predicted octanol–water partition coefficient (Wildman–Crippen LogP) is 3.55. The molecule has 0 spiro atoms. The van der Waals surface area contributed by atoms with E-state index in [4.69, 9.17) is 21.7 Å². The van der Waals surface area contributed by atoms with Gasteiger partial charge in [0.2, 0.25) is 0 Å². The first-order chi connectivity index (χ1) is 11.6. The highest BCUT2D eigenvalue weighted by Crippen LogP contribution is 2.27. The lowest BCUT2D eigenvalue weighted by Crippen LogP contribution is -2.23. The van der Waals surface area contributed by atoms with Gasteiger partial charge >= 0.3 is 0 Å². The molecule has 0 aromatic heterocycles. The van der Waals surface area contributed by atoms with Crippen molar-refractivity contribution >= 4 is 29.2 Å². The Morgan fingerprint density at radius 1 is 1.21 bits per heavy atom. The molecule has 0 aliphatic carbocycles. The van der Waals surface area contributed by atoms with Gasteiger partial charge in [-0.2, -0.15) is 5.10 Å². The fraction of sp³-hybridized carbons (Fsp3) is 0.176. The average Bonchev–Trinajstić information content (AvgIpc) is 2.57. The lowest BCUT2D eigenvalue weighted by Gasteiger charge is -2.09. The van der Waals surface area contributed by atoms with Gasteiger partial charge < -0.3 is 14.8 Å². The lowest BCUT2D eigenvalue weighted by molar-refractivity contribution is 0.311. The second kappa shape index (κ2) is 8.83. The number of benzene rings is 2. The smallest absolute Gasteiger partial charge is 0.191 e. The number of halogens is 1. The van der Waals surface area contributed by atoms with Gasteiger partial charge in [-0.3, -0.25) is 5.43 Å². The maximum absolute atomic E-state index is 12.8. The molecule has 0 saturated heterocycles. The quantitative estimate of drug-likeness (QED) is 0.475. The Bertz CT molecular complexity index is 720. The zero-order valence-corrected chi connectivity index (χ0v) is 14.2. The number of hydrogen-bond donors (Lipinski definition) is 2. The molecule has 24 heavy (non-hydrogen) atoms. The van der Waals surface area contributed by atoms with E-state index in [1.807, 2.05) is 19.1 Å². The van der Waals surface area contributed by atoms with E-state index in [1.54, 1.807) is 31.5 Å². The van der Waals surface area contributed by atoms with Crippen molar-refractivity contribution in [1.29, 1.82) is 0 Å². The third-order valence-electron chi connectivity index (χ3n) is 2.97. The van der Waals surface area contributed by atoms with E-state index in [0.717, 1.165) is 5.56 Å². The van der Waals surface area contributed by atoms with Crippen LogP contribution in [0, 0.1) is 5.82 Å². The highest BCUT2D eigenvalue weighted by Gasteiger charge is 2.04. The molecule has 0 atom stereocenters. The van der Waals surface area contributed by atoms with Crippen LogP contribution < -0.4 is 20.2 Å². The number of thiocarbonyl (C=S) groups is 1. The van der Waals surface area contributed by atoms with Gasteiger partial charge in [-0.15, -0.1) is 0 Å². The van der Waals surface area contributed by atoms with Crippen LogP contribution in [-0.2, 0) is 0 Å². The highest BCUT2D eigenvalue weighted by molar-refractivity contribution is 7.80. The molecular formula is C17H18FN3O2S. The summed E-state index contributed by atoms with van der Waals surface area (Å²) >= 11 is 5.12. The van der Waals surface area contributed by atoms with E-state index in [9.17, 15) is 4.39 Å². The first kappa shape index (κ1) is 17.7. The Morgan fingerprint density at radius 3 is 2.62 bits per heavy atom. The van der Waals surface area contributed by atoms with E-state index < -0.39 is 0 Å². The number of hydrogen-bond acceptors (Lipinski definition) is 4. The van der Waals surface area contributed by atoms with E-state index in [0.29, 0.717) is 28.9 Å². The normalized spacial score (nSPS) is 10.5. The second-order valence-electron chi connectivity index (χ2n) is 4.67. The van der Waals surface area contributed by atoms with Crippen molar-refractivity contribution in [1.82, 2.24) is 5.43 Å². The lowest BCUT2D eigenvalue weighted by atomic mass is 10.2. The molecule has 2 aromatic rings. The summed E-state index contributed by atoms with van der Waals surface area (Å²) in [5.74, 6) is 1.01. The SMILES string of the molecule is CCOc1cc(/C=N\NC(=S)Nc2ccc(F)cc2)ccc1OC. The molecule has 0 radical (unpaired) electrons. The van der Waals surface area contributed by atoms with Crippen molar-refractivity contribution in [3.63, 3.8) is 0 Å². The fourth-order valence-electron chi connectivity index (χ4n) is 1.90. The molecule has 2 N–H and O–H groups in total. The fourth-order valence-corrected chi connectivity index (χ4v) is 2.07. The van der Waals surface area contributed by atoms with Crippen LogP contribution in [0.2, 0.25) is 0 Å². The van der Waals surface area contributed by atoms with Gasteiger partial charge in [0.1, 0.15) is 5.82 Å². The molecule has 0 bridgehead atoms. The van der Waals surface area contributed by atoms with Gasteiger partial charge in [-0.05, 0) is 67.2 Å². The number of hydrazone groups is 1. The van der Waals surface area contributed by atoms with E-state index >= 15 is 0 Å². The Kier molecular flexibility index (Phi) is 6.51. The van der Waals surface area contributed by atoms with Crippen LogP contribution in [0.1, 0.15) is 12.5 Å². The van der Waals surface area contributed by atoms with Gasteiger partial charge in [0, 0.05) is 5.69 Å². The molecule has 7 heteroatoms. The first-order valence-corrected chi connectivity index (χ1v) is 7.69. The minimum atomic E-state index is -0.304. The Labute approximate surface area is 145 Å². The largest absolute Gasteiger partial charge is 0.493 e. The van der Waals surface area contributed by atoms with Gasteiger partial charge in [0.15, 0.2) is 16.6 Å². The Morgan fingerprint density at radius 2 is 1.96 bits per heavy atom. The molecule has 5 nitrogen and oxygen atoms in total. The zero-order valence-electron chi connectivity index (χ0n) is 13.4. The predicted molar refractivity (Wildman–Crippen MR) is 97.5 cm³/mol. The van der Waals surface area contributed by atoms with Crippen LogP contribution in [-0.4, -0.2) is 25.0 Å². The minimum Gasteiger partial charge on any atom is -0.493 e. The molecule has 0 unspecified atom stereocenters. The molecule has 0 amide bonds. The third-order valence-corrected chi connectivity index (χ3v) is 3.16. The molecule has 0 heterocycles. The number of rotatable bonds is 6. The number of nitrogens with one attached hydrogen (secondary N) is 2. The molecule has 2 aromatic carbocycles. The van der Waals surface area contributed by atoms with Gasteiger partial charge in [-0.25, -0.2) is 4.39 Å². The summed E-state index contributed by atoms with van der Waals surface area (Å²) in [6, 6.07) is 11.4. The van der Waals surface area contributed by atoms with Crippen LogP contribution in [0.3, 0.4) is 0 Å². The monoisotopic (exact) mass is 347 g/mol. The summed E-state index contributed by atoms with van der Waals surface area (Å²) in [7, 11) is 1.59. The number of ether oxygens (including phenoxy) is 2. The number of methoxy groups -OCH3 is 1. The van der Waals surface area contributed by atoms with Gasteiger partial charge in [-0.1, -0.05) is 0 Å². The van der Waals surface area contributed by atoms with Crippen molar-refractivity contribution in [2.24, 2.45) is 5.10 Å². The van der Waals surface area contributed by atoms with E-state index in [2.05, 4.69) is 15.8 Å². The second-order valence-corrected chi connectivity index (χ2v) is 5.08. The minimum absolute atomic E-state index is 0.302. The summed E-state index contributed by atoms with van der Waals surface area (Å²) in [6.07, 6.45) is 1.61. The van der Waals surface area contributed by atoms with Crippen LogP contribution in [0.5, 0.6) is 11.5 Å². The summed E-state index contributed by atoms with van der Waals surface area (Å²) in [5, 5.41) is 7.27. The highest BCUT2D eigenvalue weighted by atomic mass is 32.1. The van der Waals surface area contributed by atoms with Crippen molar-refractivity contribution in [3.8, 4) is 11.5 Å². The molecule has 0 saturated carbocycles. The summed E-state index contributed by atoms with van der Waals surface area (Å²) in [5.41, 5.74) is 4.20. The molecular weight excluding hydrogens is 329 g/mol. The van der Waals surface area contributed by atoms with Crippen LogP contribution in [0.15, 0.2) is 47.6 Å². The third kappa shape index (κ3) is 5.20. The Balaban J connectivity index is 1.94. The van der Waals surface area contributed by atoms with E-state index in [1.165, 1.54) is 12.1 Å².